The van der Waals surface area contributed by atoms with Gasteiger partial charge in [0.2, 0.25) is 11.9 Å². The van der Waals surface area contributed by atoms with Gasteiger partial charge in [0.1, 0.15) is 5.82 Å². The Morgan fingerprint density at radius 3 is 2.77 bits per heavy atom. The van der Waals surface area contributed by atoms with Crippen LogP contribution in [0.25, 0.3) is 0 Å². The number of aromatic nitrogens is 2. The molecule has 190 valence electrons. The van der Waals surface area contributed by atoms with Gasteiger partial charge in [0.15, 0.2) is 0 Å². The van der Waals surface area contributed by atoms with Gasteiger partial charge in [0.05, 0.1) is 10.4 Å². The van der Waals surface area contributed by atoms with Crippen molar-refractivity contribution < 1.29 is 4.79 Å². The first-order valence-electron chi connectivity index (χ1n) is 12.8. The summed E-state index contributed by atoms with van der Waals surface area (Å²) in [6, 6.07) is 7.00. The monoisotopic (exact) mass is 543 g/mol. The maximum absolute atomic E-state index is 12.6. The Hall–Kier alpha value is -2.39. The van der Waals surface area contributed by atoms with Crippen molar-refractivity contribution in [3.63, 3.8) is 0 Å². The van der Waals surface area contributed by atoms with Gasteiger partial charge in [-0.05, 0) is 86.3 Å². The third-order valence-electron chi connectivity index (χ3n) is 6.91. The summed E-state index contributed by atoms with van der Waals surface area (Å²) < 4.78 is 0.784. The number of rotatable bonds is 9. The average Bonchev–Trinajstić information content (AvgIpc) is 3.47. The van der Waals surface area contributed by atoms with Gasteiger partial charge in [-0.3, -0.25) is 4.79 Å². The molecule has 1 aliphatic carbocycles. The lowest BCUT2D eigenvalue weighted by atomic mass is 10.0. The molecule has 9 heteroatoms. The number of likely N-dealkylation sites (tertiary alicyclic amines) is 1. The first-order valence-corrected chi connectivity index (χ1v) is 13.6. The molecule has 1 aliphatic heterocycles. The number of halogens is 1. The van der Waals surface area contributed by atoms with Crippen LogP contribution in [0.1, 0.15) is 52.0 Å². The number of amides is 1. The van der Waals surface area contributed by atoms with Crippen molar-refractivity contribution in [3.8, 4) is 0 Å². The van der Waals surface area contributed by atoms with Crippen LogP contribution < -0.4 is 21.3 Å². The van der Waals surface area contributed by atoms with Crippen molar-refractivity contribution in [2.75, 3.05) is 35.6 Å². The van der Waals surface area contributed by atoms with Crippen LogP contribution in [0.3, 0.4) is 0 Å². The fraction of sp³-hybridized carbons (Fsp3) is 0.577. The molecule has 0 unspecified atom stereocenters. The minimum absolute atomic E-state index is 0.0531. The molecule has 1 saturated carbocycles. The molecular formula is C26H38BrN7O. The van der Waals surface area contributed by atoms with E-state index in [4.69, 9.17) is 4.98 Å². The third kappa shape index (κ3) is 6.64. The molecule has 1 aromatic heterocycles. The molecule has 8 nitrogen and oxygen atoms in total. The van der Waals surface area contributed by atoms with Crippen molar-refractivity contribution in [2.24, 2.45) is 5.92 Å². The second-order valence-electron chi connectivity index (χ2n) is 10.0. The predicted octanol–water partition coefficient (Wildman–Crippen LogP) is 4.90. The smallest absolute Gasteiger partial charge is 0.229 e. The van der Waals surface area contributed by atoms with E-state index in [0.717, 1.165) is 49.1 Å². The van der Waals surface area contributed by atoms with Gasteiger partial charge in [-0.1, -0.05) is 13.3 Å². The minimum Gasteiger partial charge on any atom is -0.381 e. The zero-order valence-electron chi connectivity index (χ0n) is 21.2. The number of carbonyl (C=O) groups excluding carboxylic acids is 1. The lowest BCUT2D eigenvalue weighted by Crippen LogP contribution is -2.41. The number of likely N-dealkylation sites (N-methyl/N-ethyl adjacent to an activating group) is 1. The Morgan fingerprint density at radius 1 is 1.23 bits per heavy atom. The highest BCUT2D eigenvalue weighted by atomic mass is 79.9. The minimum atomic E-state index is -0.0531. The second kappa shape index (κ2) is 11.6. The highest BCUT2D eigenvalue weighted by molar-refractivity contribution is 9.10. The van der Waals surface area contributed by atoms with Gasteiger partial charge in [0.25, 0.3) is 0 Å². The van der Waals surface area contributed by atoms with Crippen molar-refractivity contribution in [1.29, 1.82) is 0 Å². The number of aryl methyl sites for hydroxylation is 1. The van der Waals surface area contributed by atoms with Gasteiger partial charge in [-0.2, -0.15) is 4.98 Å². The fourth-order valence-corrected chi connectivity index (χ4v) is 5.34. The summed E-state index contributed by atoms with van der Waals surface area (Å²) in [6.07, 6.45) is 5.79. The summed E-state index contributed by atoms with van der Waals surface area (Å²) >= 11 is 3.56. The average molecular weight is 545 g/mol. The van der Waals surface area contributed by atoms with Crippen molar-refractivity contribution in [1.82, 2.24) is 20.2 Å². The predicted molar refractivity (Wildman–Crippen MR) is 146 cm³/mol. The molecule has 4 rings (SSSR count). The van der Waals surface area contributed by atoms with E-state index in [1.54, 1.807) is 6.20 Å². The summed E-state index contributed by atoms with van der Waals surface area (Å²) in [4.78, 5) is 24.3. The molecule has 2 aromatic rings. The summed E-state index contributed by atoms with van der Waals surface area (Å²) in [5, 5.41) is 13.6. The van der Waals surface area contributed by atoms with Gasteiger partial charge < -0.3 is 26.2 Å². The van der Waals surface area contributed by atoms with Crippen LogP contribution in [0.4, 0.5) is 23.1 Å². The quantitative estimate of drug-likeness (QED) is 0.357. The fourth-order valence-electron chi connectivity index (χ4n) is 5.03. The Balaban J connectivity index is 1.40. The first-order chi connectivity index (χ1) is 16.8. The zero-order chi connectivity index (χ0) is 24.9. The number of anilines is 4. The summed E-state index contributed by atoms with van der Waals surface area (Å²) in [6.45, 7) is 11.7. The van der Waals surface area contributed by atoms with E-state index in [-0.39, 0.29) is 23.9 Å². The molecule has 1 amide bonds. The Kier molecular flexibility index (Phi) is 8.49. The summed E-state index contributed by atoms with van der Waals surface area (Å²) in [5.74, 6) is 1.28. The summed E-state index contributed by atoms with van der Waals surface area (Å²) in [5.41, 5.74) is 3.30. The largest absolute Gasteiger partial charge is 0.381 e. The first kappa shape index (κ1) is 25.7. The number of carbonyl (C=O) groups is 1. The van der Waals surface area contributed by atoms with Crippen LogP contribution in [0.2, 0.25) is 0 Å². The van der Waals surface area contributed by atoms with Gasteiger partial charge in [0, 0.05) is 48.8 Å². The molecule has 1 aromatic carbocycles. The number of hydrogen-bond donors (Lipinski definition) is 4. The number of hydrogen-bond acceptors (Lipinski definition) is 7. The summed E-state index contributed by atoms with van der Waals surface area (Å²) in [7, 11) is 0. The van der Waals surface area contributed by atoms with E-state index in [2.05, 4.69) is 79.1 Å². The van der Waals surface area contributed by atoms with Gasteiger partial charge in [-0.25, -0.2) is 4.98 Å². The van der Waals surface area contributed by atoms with Crippen molar-refractivity contribution >= 4 is 45.0 Å². The van der Waals surface area contributed by atoms with E-state index >= 15 is 0 Å². The van der Waals surface area contributed by atoms with Gasteiger partial charge >= 0.3 is 0 Å². The lowest BCUT2D eigenvalue weighted by molar-refractivity contribution is -0.125. The molecular weight excluding hydrogens is 506 g/mol. The van der Waals surface area contributed by atoms with Crippen LogP contribution in [0.5, 0.6) is 0 Å². The van der Waals surface area contributed by atoms with E-state index in [1.165, 1.54) is 17.7 Å². The van der Waals surface area contributed by atoms with Crippen LogP contribution in [-0.4, -0.2) is 58.5 Å². The van der Waals surface area contributed by atoms with Crippen molar-refractivity contribution in [2.45, 2.75) is 71.5 Å². The number of benzene rings is 1. The number of nitrogens with one attached hydrogen (secondary N) is 4. The molecule has 1 saturated heterocycles. The van der Waals surface area contributed by atoms with Crippen LogP contribution in [0.15, 0.2) is 28.9 Å². The second-order valence-corrected chi connectivity index (χ2v) is 10.9. The molecule has 2 fully saturated rings. The van der Waals surface area contributed by atoms with E-state index in [0.29, 0.717) is 17.8 Å². The van der Waals surface area contributed by atoms with Crippen molar-refractivity contribution in [3.05, 3.63) is 34.4 Å². The molecule has 0 bridgehead atoms. The molecule has 35 heavy (non-hydrogen) atoms. The maximum atomic E-state index is 12.6. The van der Waals surface area contributed by atoms with Crippen LogP contribution in [-0.2, 0) is 4.79 Å². The van der Waals surface area contributed by atoms with E-state index in [9.17, 15) is 4.79 Å². The zero-order valence-corrected chi connectivity index (χ0v) is 22.8. The SMILES string of the molecule is CCN1CC[C@@H](Nc2ccc(Nc3ncc(Br)c(N[C@@H]4CCC[C@@H]4C(=O)NC(C)C)n3)cc2C)C1. The molecule has 4 N–H and O–H groups in total. The molecule has 2 aliphatic rings. The normalized spacial score (nSPS) is 22.4. The Labute approximate surface area is 217 Å². The van der Waals surface area contributed by atoms with Crippen LogP contribution >= 0.6 is 15.9 Å². The lowest BCUT2D eigenvalue weighted by Gasteiger charge is -2.23. The highest BCUT2D eigenvalue weighted by Crippen LogP contribution is 2.31. The van der Waals surface area contributed by atoms with E-state index in [1.807, 2.05) is 13.8 Å². The molecule has 0 spiro atoms. The Bertz CT molecular complexity index is 1030. The molecule has 2 heterocycles. The van der Waals surface area contributed by atoms with E-state index < -0.39 is 0 Å². The third-order valence-corrected chi connectivity index (χ3v) is 7.49. The number of nitrogens with zero attached hydrogens (tertiary/aromatic N) is 3. The molecule has 3 atom stereocenters. The van der Waals surface area contributed by atoms with Crippen LogP contribution in [0, 0.1) is 12.8 Å². The van der Waals surface area contributed by atoms with Gasteiger partial charge in [-0.15, -0.1) is 0 Å². The highest BCUT2D eigenvalue weighted by Gasteiger charge is 2.33. The molecule has 0 radical (unpaired) electrons. The maximum Gasteiger partial charge on any atom is 0.229 e. The topological polar surface area (TPSA) is 94.2 Å². The Morgan fingerprint density at radius 2 is 2.06 bits per heavy atom. The standard InChI is InChI=1S/C26H38BrN7O/c1-5-34-12-11-19(15-34)30-22-10-9-18(13-17(22)4)31-26-28-14-21(27)24(33-26)32-23-8-6-7-20(23)25(35)29-16(2)3/h9-10,13-14,16,19-20,23,30H,5-8,11-12,15H2,1-4H3,(H,29,35)(H2,28,31,32,33)/t19-,20+,23-/m1/s1.